The molecule has 1 aromatic carbocycles. The van der Waals surface area contributed by atoms with Crippen molar-refractivity contribution in [3.05, 3.63) is 35.9 Å². The van der Waals surface area contributed by atoms with Crippen LogP contribution in [0.25, 0.3) is 0 Å². The average molecular weight is 151 g/mol. The minimum Gasteiger partial charge on any atom is -0.366 e. The molecule has 2 heteroatoms. The Morgan fingerprint density at radius 3 is 1.91 bits per heavy atom. The van der Waals surface area contributed by atoms with Gasteiger partial charge in [-0.15, -0.1) is 0 Å². The first-order valence-corrected chi connectivity index (χ1v) is 3.65. The molecule has 0 saturated heterocycles. The summed E-state index contributed by atoms with van der Waals surface area (Å²) in [7, 11) is 0. The van der Waals surface area contributed by atoms with Crippen molar-refractivity contribution in [2.45, 2.75) is 13.8 Å². The van der Waals surface area contributed by atoms with Gasteiger partial charge in [0, 0.05) is 5.56 Å². The molecule has 1 amide bonds. The Kier molecular flexibility index (Phi) is 4.82. The lowest BCUT2D eigenvalue weighted by Crippen LogP contribution is -2.09. The average Bonchev–Trinajstić information content (AvgIpc) is 2.10. The first-order valence-electron chi connectivity index (χ1n) is 3.65. The molecular weight excluding hydrogens is 138 g/mol. The number of hydrogen-bond acceptors (Lipinski definition) is 1. The Balaban J connectivity index is 0.000000461. The molecule has 0 aliphatic heterocycles. The van der Waals surface area contributed by atoms with E-state index < -0.39 is 0 Å². The molecule has 60 valence electrons. The van der Waals surface area contributed by atoms with Crippen molar-refractivity contribution in [2.75, 3.05) is 0 Å². The minimum atomic E-state index is -0.379. The predicted octanol–water partition coefficient (Wildman–Crippen LogP) is 1.81. The van der Waals surface area contributed by atoms with Gasteiger partial charge in [0.25, 0.3) is 0 Å². The quantitative estimate of drug-likeness (QED) is 0.653. The normalized spacial score (nSPS) is 7.82. The van der Waals surface area contributed by atoms with Gasteiger partial charge in [-0.05, 0) is 12.1 Å². The van der Waals surface area contributed by atoms with Gasteiger partial charge in [0.2, 0.25) is 5.91 Å². The molecule has 11 heavy (non-hydrogen) atoms. The first kappa shape index (κ1) is 9.69. The molecular formula is C9H13NO. The highest BCUT2D eigenvalue weighted by atomic mass is 16.1. The van der Waals surface area contributed by atoms with Gasteiger partial charge in [0.15, 0.2) is 0 Å². The van der Waals surface area contributed by atoms with Crippen molar-refractivity contribution < 1.29 is 4.79 Å². The third-order valence-electron chi connectivity index (χ3n) is 1.06. The van der Waals surface area contributed by atoms with Gasteiger partial charge in [-0.3, -0.25) is 4.79 Å². The van der Waals surface area contributed by atoms with E-state index in [1.165, 1.54) is 0 Å². The van der Waals surface area contributed by atoms with Crippen molar-refractivity contribution in [1.82, 2.24) is 0 Å². The van der Waals surface area contributed by atoms with Crippen LogP contribution in [0.4, 0.5) is 0 Å². The number of carbonyl (C=O) groups excluding carboxylic acids is 1. The fraction of sp³-hybridized carbons (Fsp3) is 0.222. The van der Waals surface area contributed by atoms with E-state index in [0.29, 0.717) is 5.56 Å². The van der Waals surface area contributed by atoms with Crippen LogP contribution in [0.3, 0.4) is 0 Å². The standard InChI is InChI=1S/C7H7NO.C2H6/c8-7(9)6-4-2-1-3-5-6;1-2/h1-5H,(H2,8,9);1-2H3. The maximum atomic E-state index is 10.4. The van der Waals surface area contributed by atoms with E-state index in [2.05, 4.69) is 0 Å². The van der Waals surface area contributed by atoms with Gasteiger partial charge >= 0.3 is 0 Å². The van der Waals surface area contributed by atoms with Gasteiger partial charge in [-0.1, -0.05) is 32.0 Å². The maximum absolute atomic E-state index is 10.4. The number of amides is 1. The Bertz CT molecular complexity index is 206. The summed E-state index contributed by atoms with van der Waals surface area (Å²) >= 11 is 0. The molecule has 0 aromatic heterocycles. The fourth-order valence-corrected chi connectivity index (χ4v) is 0.602. The Morgan fingerprint density at radius 2 is 1.64 bits per heavy atom. The van der Waals surface area contributed by atoms with Crippen LogP contribution in [0.1, 0.15) is 24.2 Å². The van der Waals surface area contributed by atoms with Gasteiger partial charge < -0.3 is 5.73 Å². The van der Waals surface area contributed by atoms with Crippen molar-refractivity contribution in [3.63, 3.8) is 0 Å². The van der Waals surface area contributed by atoms with Crippen LogP contribution in [0.15, 0.2) is 30.3 Å². The second-order valence-corrected chi connectivity index (χ2v) is 1.73. The lowest BCUT2D eigenvalue weighted by molar-refractivity contribution is 0.100. The van der Waals surface area contributed by atoms with Crippen molar-refractivity contribution in [3.8, 4) is 0 Å². The van der Waals surface area contributed by atoms with Crippen LogP contribution < -0.4 is 5.73 Å². The lowest BCUT2D eigenvalue weighted by Gasteiger charge is -1.89. The van der Waals surface area contributed by atoms with E-state index in [9.17, 15) is 4.79 Å². The van der Waals surface area contributed by atoms with Gasteiger partial charge in [0.05, 0.1) is 0 Å². The second-order valence-electron chi connectivity index (χ2n) is 1.73. The summed E-state index contributed by atoms with van der Waals surface area (Å²) in [5.41, 5.74) is 5.53. The van der Waals surface area contributed by atoms with Crippen LogP contribution >= 0.6 is 0 Å². The molecule has 0 heterocycles. The molecule has 0 radical (unpaired) electrons. The molecule has 0 fully saturated rings. The molecule has 0 atom stereocenters. The zero-order chi connectivity index (χ0) is 8.69. The van der Waals surface area contributed by atoms with Crippen molar-refractivity contribution >= 4 is 5.91 Å². The molecule has 2 nitrogen and oxygen atoms in total. The van der Waals surface area contributed by atoms with Crippen LogP contribution in [-0.2, 0) is 0 Å². The van der Waals surface area contributed by atoms with Crippen LogP contribution in [0.5, 0.6) is 0 Å². The SMILES string of the molecule is CC.NC(=O)c1ccccc1. The van der Waals surface area contributed by atoms with E-state index in [-0.39, 0.29) is 5.91 Å². The molecule has 0 aliphatic carbocycles. The van der Waals surface area contributed by atoms with E-state index >= 15 is 0 Å². The maximum Gasteiger partial charge on any atom is 0.248 e. The molecule has 0 unspecified atom stereocenters. The first-order chi connectivity index (χ1) is 5.30. The smallest absolute Gasteiger partial charge is 0.248 e. The minimum absolute atomic E-state index is 0.379. The molecule has 0 saturated carbocycles. The molecule has 1 aromatic rings. The number of primary amides is 1. The van der Waals surface area contributed by atoms with Gasteiger partial charge in [-0.25, -0.2) is 0 Å². The summed E-state index contributed by atoms with van der Waals surface area (Å²) in [6, 6.07) is 8.76. The summed E-state index contributed by atoms with van der Waals surface area (Å²) in [5, 5.41) is 0. The number of rotatable bonds is 1. The topological polar surface area (TPSA) is 43.1 Å². The number of benzene rings is 1. The zero-order valence-electron chi connectivity index (χ0n) is 6.87. The Labute approximate surface area is 67.0 Å². The molecule has 2 N–H and O–H groups in total. The summed E-state index contributed by atoms with van der Waals surface area (Å²) in [5.74, 6) is -0.379. The lowest BCUT2D eigenvalue weighted by atomic mass is 10.2. The fourth-order valence-electron chi connectivity index (χ4n) is 0.602. The zero-order valence-corrected chi connectivity index (χ0v) is 6.87. The molecule has 0 aliphatic rings. The van der Waals surface area contributed by atoms with E-state index in [0.717, 1.165) is 0 Å². The van der Waals surface area contributed by atoms with E-state index in [1.54, 1.807) is 24.3 Å². The van der Waals surface area contributed by atoms with Crippen LogP contribution in [-0.4, -0.2) is 5.91 Å². The highest BCUT2D eigenvalue weighted by Crippen LogP contribution is 1.94. The van der Waals surface area contributed by atoms with Crippen molar-refractivity contribution in [2.24, 2.45) is 5.73 Å². The van der Waals surface area contributed by atoms with Gasteiger partial charge in [-0.2, -0.15) is 0 Å². The summed E-state index contributed by atoms with van der Waals surface area (Å²) in [4.78, 5) is 10.4. The van der Waals surface area contributed by atoms with Crippen LogP contribution in [0, 0.1) is 0 Å². The molecule has 1 rings (SSSR count). The number of hydrogen-bond donors (Lipinski definition) is 1. The molecule has 0 spiro atoms. The second kappa shape index (κ2) is 5.47. The predicted molar refractivity (Wildman–Crippen MR) is 46.3 cm³/mol. The highest BCUT2D eigenvalue weighted by Gasteiger charge is 1.93. The van der Waals surface area contributed by atoms with Gasteiger partial charge in [0.1, 0.15) is 0 Å². The Hall–Kier alpha value is -1.31. The third-order valence-corrected chi connectivity index (χ3v) is 1.06. The third kappa shape index (κ3) is 3.40. The summed E-state index contributed by atoms with van der Waals surface area (Å²) in [6.45, 7) is 4.00. The monoisotopic (exact) mass is 151 g/mol. The highest BCUT2D eigenvalue weighted by molar-refractivity contribution is 5.92. The van der Waals surface area contributed by atoms with E-state index in [1.807, 2.05) is 19.9 Å². The van der Waals surface area contributed by atoms with Crippen LogP contribution in [0.2, 0.25) is 0 Å². The summed E-state index contributed by atoms with van der Waals surface area (Å²) < 4.78 is 0. The molecule has 0 bridgehead atoms. The van der Waals surface area contributed by atoms with Crippen molar-refractivity contribution in [1.29, 1.82) is 0 Å². The largest absolute Gasteiger partial charge is 0.366 e. The number of nitrogens with two attached hydrogens (primary N) is 1. The number of carbonyl (C=O) groups is 1. The Morgan fingerprint density at radius 1 is 1.18 bits per heavy atom. The summed E-state index contributed by atoms with van der Waals surface area (Å²) in [6.07, 6.45) is 0. The van der Waals surface area contributed by atoms with E-state index in [4.69, 9.17) is 5.73 Å².